The van der Waals surface area contributed by atoms with Gasteiger partial charge in [0, 0.05) is 0 Å². The normalized spacial score (nSPS) is 26.8. The van der Waals surface area contributed by atoms with E-state index in [1.807, 2.05) is 0 Å². The topological polar surface area (TPSA) is 18.5 Å². The van der Waals surface area contributed by atoms with Crippen LogP contribution in [0.1, 0.15) is 53.4 Å². The van der Waals surface area contributed by atoms with Gasteiger partial charge in [-0.05, 0) is 58.9 Å². The van der Waals surface area contributed by atoms with Crippen LogP contribution in [0.5, 0.6) is 0 Å². The van der Waals surface area contributed by atoms with E-state index in [0.29, 0.717) is 0 Å². The third-order valence-electron chi connectivity index (χ3n) is 4.24. The first kappa shape index (κ1) is 12.9. The molecule has 1 fully saturated rings. The first-order chi connectivity index (χ1) is 7.83. The molecule has 0 unspecified atom stereocenters. The van der Waals surface area contributed by atoms with Crippen LogP contribution in [0.4, 0.5) is 0 Å². The second-order valence-corrected chi connectivity index (χ2v) is 6.09. The van der Waals surface area contributed by atoms with E-state index in [1.165, 1.54) is 18.4 Å². The predicted octanol–water partition coefficient (Wildman–Crippen LogP) is 3.67. The van der Waals surface area contributed by atoms with Gasteiger partial charge >= 0.3 is 7.12 Å². The summed E-state index contributed by atoms with van der Waals surface area (Å²) in [5.41, 5.74) is 1.81. The molecular weight excluding hydrogens is 211 g/mol. The molecule has 2 nitrogen and oxygen atoms in total. The van der Waals surface area contributed by atoms with Gasteiger partial charge in [0.2, 0.25) is 0 Å². The van der Waals surface area contributed by atoms with Gasteiger partial charge in [-0.2, -0.15) is 0 Å². The first-order valence-electron chi connectivity index (χ1n) is 6.57. The lowest BCUT2D eigenvalue weighted by molar-refractivity contribution is 0.00578. The van der Waals surface area contributed by atoms with Crippen LogP contribution in [-0.2, 0) is 9.31 Å². The van der Waals surface area contributed by atoms with Crippen LogP contribution < -0.4 is 0 Å². The Morgan fingerprint density at radius 1 is 1.18 bits per heavy atom. The first-order valence-corrected chi connectivity index (χ1v) is 6.57. The zero-order valence-corrected chi connectivity index (χ0v) is 11.5. The molecule has 0 bridgehead atoms. The lowest BCUT2D eigenvalue weighted by atomic mass is 9.72. The average molecular weight is 234 g/mol. The fourth-order valence-corrected chi connectivity index (χ4v) is 2.27. The van der Waals surface area contributed by atoms with Gasteiger partial charge in [-0.3, -0.25) is 0 Å². The summed E-state index contributed by atoms with van der Waals surface area (Å²) >= 11 is 0. The van der Waals surface area contributed by atoms with Gasteiger partial charge in [-0.15, -0.1) is 0 Å². The van der Waals surface area contributed by atoms with E-state index in [-0.39, 0.29) is 18.3 Å². The van der Waals surface area contributed by atoms with Crippen molar-refractivity contribution in [2.45, 2.75) is 64.6 Å². The molecule has 0 spiro atoms. The Morgan fingerprint density at radius 2 is 1.76 bits per heavy atom. The fourth-order valence-electron chi connectivity index (χ4n) is 2.27. The van der Waals surface area contributed by atoms with Crippen molar-refractivity contribution in [1.82, 2.24) is 0 Å². The predicted molar refractivity (Wildman–Crippen MR) is 71.8 cm³/mol. The highest BCUT2D eigenvalue weighted by molar-refractivity contribution is 6.55. The van der Waals surface area contributed by atoms with E-state index in [9.17, 15) is 0 Å². The van der Waals surface area contributed by atoms with E-state index >= 15 is 0 Å². The largest absolute Gasteiger partial charge is 0.494 e. The Kier molecular flexibility index (Phi) is 3.26. The molecule has 0 N–H and O–H groups in total. The summed E-state index contributed by atoms with van der Waals surface area (Å²) in [6, 6.07) is 0. The Bertz CT molecular complexity index is 339. The zero-order chi connectivity index (χ0) is 12.7. The number of rotatable bonds is 2. The van der Waals surface area contributed by atoms with E-state index in [1.54, 1.807) is 0 Å². The van der Waals surface area contributed by atoms with Crippen molar-refractivity contribution in [3.8, 4) is 0 Å². The molecule has 94 valence electrons. The minimum atomic E-state index is -0.274. The van der Waals surface area contributed by atoms with Crippen molar-refractivity contribution in [3.63, 3.8) is 0 Å². The minimum Gasteiger partial charge on any atom is -0.399 e. The zero-order valence-electron chi connectivity index (χ0n) is 11.5. The molecule has 2 aliphatic rings. The van der Waals surface area contributed by atoms with Crippen molar-refractivity contribution in [2.24, 2.45) is 0 Å². The van der Waals surface area contributed by atoms with E-state index in [4.69, 9.17) is 9.31 Å². The average Bonchev–Trinajstić information content (AvgIpc) is 2.48. The third kappa shape index (κ3) is 2.36. The van der Waals surface area contributed by atoms with Crippen molar-refractivity contribution >= 4 is 7.12 Å². The number of hydrogen-bond donors (Lipinski definition) is 0. The van der Waals surface area contributed by atoms with Gasteiger partial charge in [0.1, 0.15) is 0 Å². The summed E-state index contributed by atoms with van der Waals surface area (Å²) in [6.07, 6.45) is 7.11. The maximum Gasteiger partial charge on any atom is 0.494 e. The van der Waals surface area contributed by atoms with E-state index in [2.05, 4.69) is 40.3 Å². The van der Waals surface area contributed by atoms with Gasteiger partial charge in [-0.1, -0.05) is 18.2 Å². The molecule has 0 amide bonds. The molecule has 2 rings (SSSR count). The van der Waals surface area contributed by atoms with Crippen molar-refractivity contribution in [2.75, 3.05) is 0 Å². The summed E-state index contributed by atoms with van der Waals surface area (Å²) in [6.45, 7) is 12.5. The molecule has 0 aromatic rings. The second kappa shape index (κ2) is 4.29. The highest BCUT2D eigenvalue weighted by Crippen LogP contribution is 2.40. The van der Waals surface area contributed by atoms with E-state index in [0.717, 1.165) is 18.3 Å². The summed E-state index contributed by atoms with van der Waals surface area (Å²) in [4.78, 5) is 0. The fraction of sp³-hybridized carbons (Fsp3) is 0.714. The third-order valence-corrected chi connectivity index (χ3v) is 4.24. The molecule has 1 aliphatic heterocycles. The van der Waals surface area contributed by atoms with Crippen LogP contribution in [0, 0.1) is 0 Å². The van der Waals surface area contributed by atoms with E-state index < -0.39 is 0 Å². The molecule has 1 aliphatic carbocycles. The van der Waals surface area contributed by atoms with Gasteiger partial charge in [0.15, 0.2) is 0 Å². The molecule has 17 heavy (non-hydrogen) atoms. The number of allylic oxidation sites excluding steroid dienone is 3. The summed E-state index contributed by atoms with van der Waals surface area (Å²) < 4.78 is 12.0. The minimum absolute atomic E-state index is 0.268. The van der Waals surface area contributed by atoms with Gasteiger partial charge in [0.05, 0.1) is 11.2 Å². The summed E-state index contributed by atoms with van der Waals surface area (Å²) in [5, 5.41) is 0. The smallest absolute Gasteiger partial charge is 0.399 e. The standard InChI is InChI=1S/C14H23BO2/c1-11(12-9-7-6-8-10-12)15-16-13(2,3)14(4,5)17-15/h9H,1,6-8,10H2,2-5H3. The van der Waals surface area contributed by atoms with Crippen LogP contribution >= 0.6 is 0 Å². The second-order valence-electron chi connectivity index (χ2n) is 6.09. The van der Waals surface area contributed by atoms with Crippen molar-refractivity contribution < 1.29 is 9.31 Å². The Balaban J connectivity index is 2.10. The van der Waals surface area contributed by atoms with Crippen molar-refractivity contribution in [1.29, 1.82) is 0 Å². The summed E-state index contributed by atoms with van der Waals surface area (Å²) in [5.74, 6) is 0. The Hall–Kier alpha value is -0.535. The summed E-state index contributed by atoms with van der Waals surface area (Å²) in [7, 11) is -0.274. The van der Waals surface area contributed by atoms with Gasteiger partial charge < -0.3 is 9.31 Å². The molecule has 1 saturated heterocycles. The molecule has 0 aromatic heterocycles. The SMILES string of the molecule is C=C(B1OC(C)(C)C(C)(C)O1)C1=CCCCC1. The molecule has 0 atom stereocenters. The highest BCUT2D eigenvalue weighted by atomic mass is 16.7. The van der Waals surface area contributed by atoms with Gasteiger partial charge in [0.25, 0.3) is 0 Å². The monoisotopic (exact) mass is 234 g/mol. The Morgan fingerprint density at radius 3 is 2.24 bits per heavy atom. The van der Waals surface area contributed by atoms with Crippen molar-refractivity contribution in [3.05, 3.63) is 23.7 Å². The molecular formula is C14H23BO2. The van der Waals surface area contributed by atoms with Crippen LogP contribution in [0.15, 0.2) is 23.7 Å². The molecule has 1 heterocycles. The highest BCUT2D eigenvalue weighted by Gasteiger charge is 2.52. The van der Waals surface area contributed by atoms with Crippen LogP contribution in [-0.4, -0.2) is 18.3 Å². The number of hydrogen-bond acceptors (Lipinski definition) is 2. The maximum atomic E-state index is 6.02. The van der Waals surface area contributed by atoms with Crippen LogP contribution in [0.3, 0.4) is 0 Å². The lowest BCUT2D eigenvalue weighted by Crippen LogP contribution is -2.41. The molecule has 0 radical (unpaired) electrons. The lowest BCUT2D eigenvalue weighted by Gasteiger charge is -2.32. The Labute approximate surface area is 105 Å². The molecule has 0 saturated carbocycles. The maximum absolute atomic E-state index is 6.02. The van der Waals surface area contributed by atoms with Crippen LogP contribution in [0.25, 0.3) is 0 Å². The van der Waals surface area contributed by atoms with Gasteiger partial charge in [-0.25, -0.2) is 0 Å². The molecule has 3 heteroatoms. The van der Waals surface area contributed by atoms with Crippen LogP contribution in [0.2, 0.25) is 0 Å². The quantitative estimate of drug-likeness (QED) is 0.678. The molecule has 0 aromatic carbocycles.